The SMILES string of the molecule is CC[C@H]1C2=NC(=Cc3[nH]c(c(C)c3C(C)=O)C=C3N=C(C(CCC(=O)OC)=C3C)/C(=C(/O)C(=O)OC)C3=NC(=C2)C(C)=C3C(=O)OC)[C@@H]1C. The maximum atomic E-state index is 13.4. The zero-order chi connectivity index (χ0) is 35.9. The molecule has 0 spiro atoms. The lowest BCUT2D eigenvalue weighted by Crippen LogP contribution is -2.25. The fourth-order valence-corrected chi connectivity index (χ4v) is 6.79. The Kier molecular flexibility index (Phi) is 9.71. The van der Waals surface area contributed by atoms with Crippen molar-refractivity contribution in [2.24, 2.45) is 26.8 Å². The maximum Gasteiger partial charge on any atom is 0.373 e. The predicted octanol–water partition coefficient (Wildman–Crippen LogP) is 5.88. The van der Waals surface area contributed by atoms with Crippen LogP contribution >= 0.6 is 0 Å². The number of aromatic amines is 1. The molecule has 0 fully saturated rings. The molecule has 49 heavy (non-hydrogen) atoms. The summed E-state index contributed by atoms with van der Waals surface area (Å²) in [6.07, 6.45) is 6.31. The number of rotatable bonds is 7. The fourth-order valence-electron chi connectivity index (χ4n) is 6.79. The Bertz CT molecular complexity index is 1990. The number of aliphatic hydroxyl groups excluding tert-OH is 1. The third kappa shape index (κ3) is 6.07. The molecule has 5 rings (SSSR count). The summed E-state index contributed by atoms with van der Waals surface area (Å²) in [6, 6.07) is 0. The Balaban J connectivity index is 1.94. The number of aliphatic hydroxyl groups is 1. The van der Waals surface area contributed by atoms with Gasteiger partial charge in [0, 0.05) is 40.9 Å². The van der Waals surface area contributed by atoms with Crippen LogP contribution in [-0.4, -0.2) is 72.2 Å². The Labute approximate surface area is 284 Å². The number of fused-ring (bicyclic) bond motifs is 5. The number of ketones is 1. The van der Waals surface area contributed by atoms with E-state index in [4.69, 9.17) is 29.2 Å². The number of esters is 3. The highest BCUT2D eigenvalue weighted by Gasteiger charge is 2.39. The number of H-pyrrole nitrogens is 1. The Hall–Kier alpha value is -5.39. The van der Waals surface area contributed by atoms with Crippen LogP contribution in [0.5, 0.6) is 0 Å². The first-order chi connectivity index (χ1) is 23.3. The van der Waals surface area contributed by atoms with Crippen LogP contribution < -0.4 is 0 Å². The van der Waals surface area contributed by atoms with E-state index in [1.165, 1.54) is 21.1 Å². The second-order valence-electron chi connectivity index (χ2n) is 12.3. The fraction of sp³-hybridized carbons (Fsp3) is 0.378. The molecule has 0 unspecified atom stereocenters. The van der Waals surface area contributed by atoms with Crippen molar-refractivity contribution in [1.29, 1.82) is 0 Å². The first kappa shape index (κ1) is 34.9. The molecule has 12 heteroatoms. The van der Waals surface area contributed by atoms with E-state index in [2.05, 4.69) is 18.8 Å². The van der Waals surface area contributed by atoms with E-state index in [-0.39, 0.29) is 53.0 Å². The summed E-state index contributed by atoms with van der Waals surface area (Å²) in [5, 5.41) is 11.5. The van der Waals surface area contributed by atoms with E-state index in [9.17, 15) is 24.3 Å². The molecule has 0 aromatic carbocycles. The molecule has 0 saturated carbocycles. The van der Waals surface area contributed by atoms with E-state index in [0.717, 1.165) is 24.9 Å². The number of carbonyl (C=O) groups excluding carboxylic acids is 4. The molecule has 8 bridgehead atoms. The average Bonchev–Trinajstić information content (AvgIpc) is 3.76. The molecule has 4 aliphatic heterocycles. The highest BCUT2D eigenvalue weighted by molar-refractivity contribution is 6.43. The van der Waals surface area contributed by atoms with Gasteiger partial charge in [0.1, 0.15) is 0 Å². The number of hydrogen-bond donors (Lipinski definition) is 2. The molecule has 0 amide bonds. The highest BCUT2D eigenvalue weighted by atomic mass is 16.5. The standard InChI is InChI=1S/C37H40N4O8/c1-10-21-16(2)23-15-28-30(20(6)42)18(4)25(39-28)13-24-17(3)22(11-12-29(43)47-7)33(40-24)32(35(44)37(46)49-9)34-31(36(45)48-8)19(5)26(41-34)14-27(21)38-23/h13-16,21,39,44H,10-12H2,1-9H3/b23-15?,24-13?,26-14?,35-32-/t16-,21-/m1/s1. The van der Waals surface area contributed by atoms with Gasteiger partial charge in [-0.25, -0.2) is 19.6 Å². The molecule has 2 N–H and O–H groups in total. The Morgan fingerprint density at radius 1 is 0.878 bits per heavy atom. The van der Waals surface area contributed by atoms with Crippen LogP contribution in [0.1, 0.15) is 81.2 Å². The molecule has 0 radical (unpaired) electrons. The summed E-state index contributed by atoms with van der Waals surface area (Å²) in [5.74, 6) is -3.26. The molecule has 0 saturated heterocycles. The second-order valence-corrected chi connectivity index (χ2v) is 12.3. The Morgan fingerprint density at radius 2 is 1.55 bits per heavy atom. The maximum absolute atomic E-state index is 13.4. The number of nitrogens with one attached hydrogen (secondary N) is 1. The van der Waals surface area contributed by atoms with E-state index in [1.54, 1.807) is 26.0 Å². The van der Waals surface area contributed by atoms with Gasteiger partial charge in [-0.3, -0.25) is 14.6 Å². The van der Waals surface area contributed by atoms with Crippen LogP contribution in [-0.2, 0) is 28.6 Å². The smallest absolute Gasteiger partial charge is 0.373 e. The monoisotopic (exact) mass is 668 g/mol. The lowest BCUT2D eigenvalue weighted by Gasteiger charge is -2.15. The highest BCUT2D eigenvalue weighted by Crippen LogP contribution is 2.41. The van der Waals surface area contributed by atoms with Gasteiger partial charge in [-0.15, -0.1) is 0 Å². The molecule has 12 nitrogen and oxygen atoms in total. The molecule has 2 atom stereocenters. The van der Waals surface area contributed by atoms with Gasteiger partial charge < -0.3 is 24.3 Å². The molecule has 1 aromatic rings. The third-order valence-corrected chi connectivity index (χ3v) is 9.54. The molecule has 5 heterocycles. The lowest BCUT2D eigenvalue weighted by molar-refractivity contribution is -0.140. The van der Waals surface area contributed by atoms with Gasteiger partial charge in [-0.2, -0.15) is 0 Å². The van der Waals surface area contributed by atoms with Crippen LogP contribution in [0.4, 0.5) is 0 Å². The van der Waals surface area contributed by atoms with E-state index < -0.39 is 23.7 Å². The van der Waals surface area contributed by atoms with Gasteiger partial charge in [0.15, 0.2) is 5.78 Å². The van der Waals surface area contributed by atoms with Crippen molar-refractivity contribution < 1.29 is 38.5 Å². The van der Waals surface area contributed by atoms with Gasteiger partial charge in [0.25, 0.3) is 0 Å². The number of methoxy groups -OCH3 is 3. The van der Waals surface area contributed by atoms with Crippen molar-refractivity contribution in [2.45, 2.75) is 60.8 Å². The molecular formula is C37H40N4O8. The van der Waals surface area contributed by atoms with Crippen LogP contribution in [0, 0.1) is 18.8 Å². The van der Waals surface area contributed by atoms with Crippen molar-refractivity contribution in [3.63, 3.8) is 0 Å². The van der Waals surface area contributed by atoms with Gasteiger partial charge in [0.05, 0.1) is 61.0 Å². The quantitative estimate of drug-likeness (QED) is 0.119. The number of aliphatic imine (C=N–C) groups is 3. The minimum absolute atomic E-state index is 0.00383. The van der Waals surface area contributed by atoms with Crippen molar-refractivity contribution >= 4 is 53.0 Å². The molecule has 0 aliphatic carbocycles. The second kappa shape index (κ2) is 13.6. The number of ether oxygens (including phenoxy) is 3. The van der Waals surface area contributed by atoms with Gasteiger partial charge >= 0.3 is 17.9 Å². The lowest BCUT2D eigenvalue weighted by atomic mass is 9.87. The van der Waals surface area contributed by atoms with Crippen LogP contribution in [0.3, 0.4) is 0 Å². The van der Waals surface area contributed by atoms with Crippen molar-refractivity contribution in [3.8, 4) is 0 Å². The van der Waals surface area contributed by atoms with Crippen LogP contribution in [0.2, 0.25) is 0 Å². The summed E-state index contributed by atoms with van der Waals surface area (Å²) < 4.78 is 15.0. The molecular weight excluding hydrogens is 628 g/mol. The number of hydrogen-bond acceptors (Lipinski definition) is 11. The number of Topliss-reactive ketones (excluding diaryl/α,β-unsaturated/α-hetero) is 1. The number of carbonyl (C=O) groups is 4. The average molecular weight is 669 g/mol. The van der Waals surface area contributed by atoms with Crippen molar-refractivity contribution in [2.75, 3.05) is 21.3 Å². The van der Waals surface area contributed by atoms with Crippen molar-refractivity contribution in [3.05, 3.63) is 79.3 Å². The van der Waals surface area contributed by atoms with E-state index in [1.807, 2.05) is 13.0 Å². The molecule has 4 aliphatic rings. The number of aromatic nitrogens is 1. The van der Waals surface area contributed by atoms with E-state index >= 15 is 0 Å². The summed E-state index contributed by atoms with van der Waals surface area (Å²) >= 11 is 0. The largest absolute Gasteiger partial charge is 0.501 e. The summed E-state index contributed by atoms with van der Waals surface area (Å²) in [7, 11) is 3.63. The molecule has 1 aromatic heterocycles. The third-order valence-electron chi connectivity index (χ3n) is 9.54. The predicted molar refractivity (Wildman–Crippen MR) is 185 cm³/mol. The molecule has 256 valence electrons. The van der Waals surface area contributed by atoms with Crippen LogP contribution in [0.25, 0.3) is 12.2 Å². The zero-order valence-electron chi connectivity index (χ0n) is 29.2. The Morgan fingerprint density at radius 3 is 2.16 bits per heavy atom. The topological polar surface area (TPSA) is 169 Å². The zero-order valence-corrected chi connectivity index (χ0v) is 29.2. The number of allylic oxidation sites excluding steroid dienone is 6. The van der Waals surface area contributed by atoms with Crippen molar-refractivity contribution in [1.82, 2.24) is 4.98 Å². The first-order valence-corrected chi connectivity index (χ1v) is 16.0. The summed E-state index contributed by atoms with van der Waals surface area (Å²) in [5.41, 5.74) is 6.31. The number of nitrogens with zero attached hydrogens (tertiary/aromatic N) is 3. The normalized spacial score (nSPS) is 21.0. The first-order valence-electron chi connectivity index (χ1n) is 16.0. The van der Waals surface area contributed by atoms with Gasteiger partial charge in [-0.05, 0) is 81.0 Å². The van der Waals surface area contributed by atoms with Gasteiger partial charge in [-0.1, -0.05) is 13.8 Å². The minimum atomic E-state index is -1.08. The summed E-state index contributed by atoms with van der Waals surface area (Å²) in [4.78, 5) is 70.0. The van der Waals surface area contributed by atoms with Crippen LogP contribution in [0.15, 0.2) is 71.8 Å². The van der Waals surface area contributed by atoms with Gasteiger partial charge in [0.2, 0.25) is 5.76 Å². The summed E-state index contributed by atoms with van der Waals surface area (Å²) in [6.45, 7) is 11.0. The van der Waals surface area contributed by atoms with E-state index in [0.29, 0.717) is 50.6 Å². The minimum Gasteiger partial charge on any atom is -0.501 e.